The lowest BCUT2D eigenvalue weighted by Crippen LogP contribution is -2.44. The third-order valence-electron chi connectivity index (χ3n) is 7.64. The number of aromatic nitrogens is 2. The molecule has 4 aromatic rings. The van der Waals surface area contributed by atoms with E-state index in [0.29, 0.717) is 42.7 Å². The van der Waals surface area contributed by atoms with Gasteiger partial charge in [0.1, 0.15) is 29.5 Å². The predicted molar refractivity (Wildman–Crippen MR) is 169 cm³/mol. The van der Waals surface area contributed by atoms with E-state index in [-0.39, 0.29) is 17.6 Å². The molecular weight excluding hydrogens is 561 g/mol. The van der Waals surface area contributed by atoms with Crippen molar-refractivity contribution in [3.05, 3.63) is 103 Å². The van der Waals surface area contributed by atoms with Crippen molar-refractivity contribution in [3.63, 3.8) is 0 Å². The number of para-hydroxylation sites is 1. The lowest BCUT2D eigenvalue weighted by atomic mass is 10.0. The maximum atomic E-state index is 15.5. The van der Waals surface area contributed by atoms with Gasteiger partial charge in [-0.2, -0.15) is 0 Å². The van der Waals surface area contributed by atoms with Crippen molar-refractivity contribution in [1.82, 2.24) is 14.9 Å². The fraction of sp³-hybridized carbons (Fsp3) is 0.242. The normalized spacial score (nSPS) is 16.9. The third kappa shape index (κ3) is 6.64. The molecule has 0 saturated carbocycles. The zero-order chi connectivity index (χ0) is 30.5. The van der Waals surface area contributed by atoms with E-state index < -0.39 is 5.82 Å². The summed E-state index contributed by atoms with van der Waals surface area (Å²) in [5, 5.41) is 7.64. The average molecular weight is 596 g/mol. The highest BCUT2D eigenvalue weighted by Gasteiger charge is 2.30. The molecule has 0 radical (unpaired) electrons. The highest BCUT2D eigenvalue weighted by Crippen LogP contribution is 2.37. The first-order valence-corrected chi connectivity index (χ1v) is 14.5. The monoisotopic (exact) mass is 595 g/mol. The summed E-state index contributed by atoms with van der Waals surface area (Å²) in [5.41, 5.74) is 2.28. The first kappa shape index (κ1) is 29.1. The van der Waals surface area contributed by atoms with Crippen molar-refractivity contribution in [2.75, 3.05) is 60.4 Å². The van der Waals surface area contributed by atoms with Crippen LogP contribution in [0.1, 0.15) is 18.0 Å². The number of ether oxygens (including phenoxy) is 1. The first-order chi connectivity index (χ1) is 21.5. The van der Waals surface area contributed by atoms with Crippen molar-refractivity contribution in [1.29, 1.82) is 0 Å². The maximum absolute atomic E-state index is 15.5. The molecule has 0 aliphatic carbocycles. The smallest absolute Gasteiger partial charge is 0.247 e. The number of anilines is 5. The molecule has 11 heteroatoms. The molecule has 3 aromatic carbocycles. The Kier molecular flexibility index (Phi) is 8.67. The van der Waals surface area contributed by atoms with E-state index in [1.54, 1.807) is 17.2 Å². The summed E-state index contributed by atoms with van der Waals surface area (Å²) in [6.45, 7) is 7.17. The van der Waals surface area contributed by atoms with Gasteiger partial charge < -0.3 is 25.2 Å². The standard InChI is InChI=1S/C33H34FN7O3/c1-3-33(42)38-28-20-27(26(34)19-30(28)40-15-13-39(2)14-16-40)37-31-21-32(36-22-35-31)41-29(12-17-43-41)23-8-7-11-25(18-23)44-24-9-5-4-6-10-24/h3-11,18-22,29H,1,12-17H2,2H3,(H,38,42)(H,35,36,37). The van der Waals surface area contributed by atoms with Crippen LogP contribution in [0.25, 0.3) is 0 Å². The Morgan fingerprint density at radius 2 is 1.80 bits per heavy atom. The summed E-state index contributed by atoms with van der Waals surface area (Å²) >= 11 is 0. The summed E-state index contributed by atoms with van der Waals surface area (Å²) in [5.74, 6) is 1.53. The highest BCUT2D eigenvalue weighted by atomic mass is 19.1. The van der Waals surface area contributed by atoms with Gasteiger partial charge in [-0.25, -0.2) is 19.4 Å². The number of hydroxylamine groups is 1. The van der Waals surface area contributed by atoms with Gasteiger partial charge in [0.2, 0.25) is 5.91 Å². The van der Waals surface area contributed by atoms with E-state index >= 15 is 4.39 Å². The van der Waals surface area contributed by atoms with Crippen molar-refractivity contribution in [2.24, 2.45) is 0 Å². The number of carbonyl (C=O) groups is 1. The molecule has 6 rings (SSSR count). The van der Waals surface area contributed by atoms with Gasteiger partial charge in [0, 0.05) is 44.7 Å². The summed E-state index contributed by atoms with van der Waals surface area (Å²) in [6.07, 6.45) is 3.34. The number of carbonyl (C=O) groups excluding carboxylic acids is 1. The van der Waals surface area contributed by atoms with Crippen LogP contribution in [0.2, 0.25) is 0 Å². The van der Waals surface area contributed by atoms with Gasteiger partial charge >= 0.3 is 0 Å². The fourth-order valence-corrected chi connectivity index (χ4v) is 5.33. The summed E-state index contributed by atoms with van der Waals surface area (Å²) in [7, 11) is 2.05. The summed E-state index contributed by atoms with van der Waals surface area (Å²) in [4.78, 5) is 31.3. The van der Waals surface area contributed by atoms with Crippen LogP contribution in [0, 0.1) is 5.82 Å². The summed E-state index contributed by atoms with van der Waals surface area (Å²) in [6, 6.07) is 22.1. The van der Waals surface area contributed by atoms with E-state index in [2.05, 4.69) is 37.0 Å². The molecule has 2 N–H and O–H groups in total. The molecule has 2 aliphatic heterocycles. The molecule has 1 amide bonds. The number of likely N-dealkylation sites (N-methyl/N-ethyl adjacent to an activating group) is 1. The van der Waals surface area contributed by atoms with Crippen molar-refractivity contribution in [3.8, 4) is 11.5 Å². The molecule has 3 heterocycles. The van der Waals surface area contributed by atoms with Crippen LogP contribution in [0.3, 0.4) is 0 Å². The largest absolute Gasteiger partial charge is 0.457 e. The number of benzene rings is 3. The minimum absolute atomic E-state index is 0.114. The van der Waals surface area contributed by atoms with E-state index in [9.17, 15) is 4.79 Å². The Hall–Kier alpha value is -5.00. The van der Waals surface area contributed by atoms with E-state index in [1.807, 2.05) is 61.6 Å². The third-order valence-corrected chi connectivity index (χ3v) is 7.64. The number of piperazine rings is 1. The Morgan fingerprint density at radius 1 is 1.00 bits per heavy atom. The van der Waals surface area contributed by atoms with Crippen LogP contribution in [0.4, 0.5) is 33.1 Å². The Morgan fingerprint density at radius 3 is 2.59 bits per heavy atom. The van der Waals surface area contributed by atoms with Crippen molar-refractivity contribution in [2.45, 2.75) is 12.5 Å². The molecule has 1 aromatic heterocycles. The van der Waals surface area contributed by atoms with Crippen LogP contribution < -0.4 is 25.3 Å². The first-order valence-electron chi connectivity index (χ1n) is 14.5. The molecule has 1 unspecified atom stereocenters. The van der Waals surface area contributed by atoms with Gasteiger partial charge in [0.05, 0.1) is 29.7 Å². The van der Waals surface area contributed by atoms with Gasteiger partial charge in [-0.05, 0) is 49.0 Å². The summed E-state index contributed by atoms with van der Waals surface area (Å²) < 4.78 is 21.6. The van der Waals surface area contributed by atoms with E-state index in [4.69, 9.17) is 9.57 Å². The van der Waals surface area contributed by atoms with Crippen LogP contribution in [-0.2, 0) is 9.63 Å². The minimum atomic E-state index is -0.471. The fourth-order valence-electron chi connectivity index (χ4n) is 5.33. The second-order valence-electron chi connectivity index (χ2n) is 10.7. The molecule has 2 saturated heterocycles. The molecule has 2 fully saturated rings. The van der Waals surface area contributed by atoms with Gasteiger partial charge in [-0.1, -0.05) is 36.9 Å². The predicted octanol–water partition coefficient (Wildman–Crippen LogP) is 5.91. The zero-order valence-corrected chi connectivity index (χ0v) is 24.4. The number of halogens is 1. The van der Waals surface area contributed by atoms with E-state index in [0.717, 1.165) is 36.6 Å². The number of nitrogens with zero attached hydrogens (tertiary/aromatic N) is 5. The molecule has 226 valence electrons. The quantitative estimate of drug-likeness (QED) is 0.229. The molecule has 2 aliphatic rings. The lowest BCUT2D eigenvalue weighted by Gasteiger charge is -2.35. The van der Waals surface area contributed by atoms with Crippen LogP contribution in [0.5, 0.6) is 11.5 Å². The molecule has 0 spiro atoms. The molecule has 0 bridgehead atoms. The van der Waals surface area contributed by atoms with Crippen molar-refractivity contribution >= 4 is 34.6 Å². The number of hydrogen-bond donors (Lipinski definition) is 2. The number of rotatable bonds is 9. The molecular formula is C33H34FN7O3. The van der Waals surface area contributed by atoms with Gasteiger partial charge in [0.25, 0.3) is 0 Å². The maximum Gasteiger partial charge on any atom is 0.247 e. The highest BCUT2D eigenvalue weighted by molar-refractivity contribution is 6.01. The average Bonchev–Trinajstić information content (AvgIpc) is 3.54. The Labute approximate surface area is 255 Å². The van der Waals surface area contributed by atoms with Crippen molar-refractivity contribution < 1.29 is 18.8 Å². The topological polar surface area (TPSA) is 95.1 Å². The Bertz CT molecular complexity index is 1630. The second kappa shape index (κ2) is 13.1. The number of nitrogens with one attached hydrogen (secondary N) is 2. The van der Waals surface area contributed by atoms with Crippen LogP contribution in [-0.4, -0.2) is 60.6 Å². The zero-order valence-electron chi connectivity index (χ0n) is 24.4. The van der Waals surface area contributed by atoms with E-state index in [1.165, 1.54) is 18.5 Å². The SMILES string of the molecule is C=CC(=O)Nc1cc(Nc2cc(N3OCCC3c3cccc(Oc4ccccc4)c3)ncn2)c(F)cc1N1CCN(C)CC1. The van der Waals surface area contributed by atoms with Crippen LogP contribution >= 0.6 is 0 Å². The second-order valence-corrected chi connectivity index (χ2v) is 10.7. The minimum Gasteiger partial charge on any atom is -0.457 e. The van der Waals surface area contributed by atoms with Gasteiger partial charge in [0.15, 0.2) is 5.82 Å². The molecule has 10 nitrogen and oxygen atoms in total. The lowest BCUT2D eigenvalue weighted by molar-refractivity contribution is -0.111. The van der Waals surface area contributed by atoms with Crippen LogP contribution in [0.15, 0.2) is 91.8 Å². The number of hydrogen-bond acceptors (Lipinski definition) is 9. The number of amides is 1. The molecule has 1 atom stereocenters. The Balaban J connectivity index is 1.23. The molecule has 44 heavy (non-hydrogen) atoms. The van der Waals surface area contributed by atoms with Gasteiger partial charge in [-0.15, -0.1) is 0 Å². The van der Waals surface area contributed by atoms with Gasteiger partial charge in [-0.3, -0.25) is 9.63 Å².